The third-order valence-electron chi connectivity index (χ3n) is 3.72. The van der Waals surface area contributed by atoms with Crippen molar-refractivity contribution < 1.29 is 19.4 Å². The van der Waals surface area contributed by atoms with Gasteiger partial charge in [-0.15, -0.1) is 0 Å². The number of rotatable bonds is 4. The van der Waals surface area contributed by atoms with Gasteiger partial charge in [-0.2, -0.15) is 0 Å². The second-order valence-corrected chi connectivity index (χ2v) is 5.55. The zero-order valence-electron chi connectivity index (χ0n) is 12.1. The van der Waals surface area contributed by atoms with E-state index in [9.17, 15) is 25.0 Å². The number of non-ortho nitro benzene ring substituents is 2. The average Bonchev–Trinajstić information content (AvgIpc) is 2.46. The number of nitro groups is 2. The molecule has 1 fully saturated rings. The van der Waals surface area contributed by atoms with E-state index < -0.39 is 27.2 Å². The molecule has 22 heavy (non-hydrogen) atoms. The molecule has 0 aliphatic heterocycles. The topological polar surface area (TPSA) is 113 Å². The Morgan fingerprint density at radius 1 is 1.14 bits per heavy atom. The molecule has 1 aromatic carbocycles. The predicted octanol–water partition coefficient (Wildman–Crippen LogP) is 3.24. The minimum absolute atomic E-state index is 0.167. The van der Waals surface area contributed by atoms with Gasteiger partial charge < -0.3 is 4.74 Å². The van der Waals surface area contributed by atoms with E-state index in [1.165, 1.54) is 0 Å². The summed E-state index contributed by atoms with van der Waals surface area (Å²) in [7, 11) is 0. The summed E-state index contributed by atoms with van der Waals surface area (Å²) in [5, 5.41) is 21.6. The summed E-state index contributed by atoms with van der Waals surface area (Å²) < 4.78 is 5.33. The summed E-state index contributed by atoms with van der Waals surface area (Å²) in [4.78, 5) is 32.2. The van der Waals surface area contributed by atoms with Crippen molar-refractivity contribution in [2.45, 2.75) is 38.7 Å². The molecule has 0 unspecified atom stereocenters. The van der Waals surface area contributed by atoms with Gasteiger partial charge in [0.15, 0.2) is 0 Å². The maximum absolute atomic E-state index is 12.1. The Bertz CT molecular complexity index is 583. The van der Waals surface area contributed by atoms with Crippen molar-refractivity contribution in [2.75, 3.05) is 0 Å². The predicted molar refractivity (Wildman–Crippen MR) is 76.6 cm³/mol. The van der Waals surface area contributed by atoms with Crippen molar-refractivity contribution in [3.05, 3.63) is 44.0 Å². The number of ether oxygens (including phenoxy) is 1. The number of nitro benzene ring substituents is 2. The van der Waals surface area contributed by atoms with Crippen LogP contribution < -0.4 is 0 Å². The monoisotopic (exact) mass is 308 g/mol. The lowest BCUT2D eigenvalue weighted by Gasteiger charge is -2.26. The van der Waals surface area contributed by atoms with E-state index in [1.807, 2.05) is 0 Å². The fourth-order valence-electron chi connectivity index (χ4n) is 2.63. The molecule has 1 aliphatic carbocycles. The lowest BCUT2D eigenvalue weighted by Crippen LogP contribution is -2.24. The molecule has 8 heteroatoms. The number of benzene rings is 1. The van der Waals surface area contributed by atoms with Crippen molar-refractivity contribution >= 4 is 17.3 Å². The number of hydrogen-bond donors (Lipinski definition) is 0. The first-order valence-corrected chi connectivity index (χ1v) is 7.01. The van der Waals surface area contributed by atoms with Crippen LogP contribution in [0.3, 0.4) is 0 Å². The number of carbonyl (C=O) groups is 1. The van der Waals surface area contributed by atoms with Crippen LogP contribution in [0.25, 0.3) is 0 Å². The normalized spacial score (nSPS) is 21.1. The van der Waals surface area contributed by atoms with E-state index in [4.69, 9.17) is 4.74 Å². The standard InChI is InChI=1S/C14H16N2O6/c1-9-3-2-4-13(5-9)22-14(17)10-6-11(15(18)19)8-12(7-10)16(20)21/h6-9,13H,2-5H2,1H3/t9-,13-/m1/s1. The summed E-state index contributed by atoms with van der Waals surface area (Å²) in [6, 6.07) is 2.82. The van der Waals surface area contributed by atoms with Gasteiger partial charge >= 0.3 is 5.97 Å². The van der Waals surface area contributed by atoms with Gasteiger partial charge in [-0.25, -0.2) is 4.79 Å². The van der Waals surface area contributed by atoms with Gasteiger partial charge in [0.05, 0.1) is 21.5 Å². The average molecular weight is 308 g/mol. The van der Waals surface area contributed by atoms with E-state index in [-0.39, 0.29) is 11.7 Å². The molecule has 0 bridgehead atoms. The van der Waals surface area contributed by atoms with Crippen LogP contribution >= 0.6 is 0 Å². The quantitative estimate of drug-likeness (QED) is 0.479. The molecule has 1 saturated carbocycles. The summed E-state index contributed by atoms with van der Waals surface area (Å²) in [5.74, 6) is -0.308. The van der Waals surface area contributed by atoms with Crippen molar-refractivity contribution in [3.63, 3.8) is 0 Å². The third kappa shape index (κ3) is 3.78. The van der Waals surface area contributed by atoms with Crippen LogP contribution in [0.1, 0.15) is 43.0 Å². The maximum atomic E-state index is 12.1. The summed E-state index contributed by atoms with van der Waals surface area (Å²) in [6.45, 7) is 2.07. The Morgan fingerprint density at radius 3 is 2.23 bits per heavy atom. The highest BCUT2D eigenvalue weighted by atomic mass is 16.6. The molecule has 0 saturated heterocycles. The lowest BCUT2D eigenvalue weighted by atomic mass is 9.89. The molecule has 0 aromatic heterocycles. The summed E-state index contributed by atoms with van der Waals surface area (Å²) >= 11 is 0. The van der Waals surface area contributed by atoms with Crippen molar-refractivity contribution in [2.24, 2.45) is 5.92 Å². The van der Waals surface area contributed by atoms with Gasteiger partial charge in [-0.3, -0.25) is 20.2 Å². The third-order valence-corrected chi connectivity index (χ3v) is 3.72. The molecular weight excluding hydrogens is 292 g/mol. The molecule has 0 N–H and O–H groups in total. The van der Waals surface area contributed by atoms with Gasteiger partial charge in [-0.05, 0) is 25.2 Å². The van der Waals surface area contributed by atoms with Crippen LogP contribution in [0.2, 0.25) is 0 Å². The Morgan fingerprint density at radius 2 is 1.73 bits per heavy atom. The Hall–Kier alpha value is -2.51. The van der Waals surface area contributed by atoms with E-state index in [0.29, 0.717) is 5.92 Å². The number of nitrogens with zero attached hydrogens (tertiary/aromatic N) is 2. The van der Waals surface area contributed by atoms with Crippen LogP contribution in [-0.4, -0.2) is 21.9 Å². The van der Waals surface area contributed by atoms with E-state index in [2.05, 4.69) is 6.92 Å². The Kier molecular flexibility index (Phi) is 4.69. The molecule has 8 nitrogen and oxygen atoms in total. The van der Waals surface area contributed by atoms with Gasteiger partial charge in [0.2, 0.25) is 0 Å². The highest BCUT2D eigenvalue weighted by Gasteiger charge is 2.25. The maximum Gasteiger partial charge on any atom is 0.338 e. The largest absolute Gasteiger partial charge is 0.459 e. The number of esters is 1. The van der Waals surface area contributed by atoms with Gasteiger partial charge in [0.1, 0.15) is 6.10 Å². The van der Waals surface area contributed by atoms with Crippen LogP contribution in [-0.2, 0) is 4.74 Å². The van der Waals surface area contributed by atoms with Crippen molar-refractivity contribution in [3.8, 4) is 0 Å². The molecule has 1 aliphatic rings. The van der Waals surface area contributed by atoms with Crippen molar-refractivity contribution in [1.29, 1.82) is 0 Å². The van der Waals surface area contributed by atoms with Crippen LogP contribution in [0, 0.1) is 26.1 Å². The van der Waals surface area contributed by atoms with Crippen LogP contribution in [0.15, 0.2) is 18.2 Å². The number of carbonyl (C=O) groups excluding carboxylic acids is 1. The van der Waals surface area contributed by atoms with E-state index >= 15 is 0 Å². The van der Waals surface area contributed by atoms with Crippen LogP contribution in [0.5, 0.6) is 0 Å². The fourth-order valence-corrected chi connectivity index (χ4v) is 2.63. The molecule has 0 heterocycles. The molecule has 0 spiro atoms. The van der Waals surface area contributed by atoms with Gasteiger partial charge in [-0.1, -0.05) is 13.3 Å². The molecule has 1 aromatic rings. The molecule has 2 rings (SSSR count). The molecule has 2 atom stereocenters. The highest BCUT2D eigenvalue weighted by Crippen LogP contribution is 2.28. The second-order valence-electron chi connectivity index (χ2n) is 5.55. The second kappa shape index (κ2) is 6.50. The van der Waals surface area contributed by atoms with E-state index in [1.54, 1.807) is 0 Å². The fraction of sp³-hybridized carbons (Fsp3) is 0.500. The zero-order valence-corrected chi connectivity index (χ0v) is 12.1. The Balaban J connectivity index is 2.21. The summed E-state index contributed by atoms with van der Waals surface area (Å²) in [5.41, 5.74) is -1.17. The summed E-state index contributed by atoms with van der Waals surface area (Å²) in [6.07, 6.45) is 3.27. The minimum atomic E-state index is -0.771. The first kappa shape index (κ1) is 15.9. The zero-order chi connectivity index (χ0) is 16.3. The van der Waals surface area contributed by atoms with Crippen molar-refractivity contribution in [1.82, 2.24) is 0 Å². The molecule has 118 valence electrons. The van der Waals surface area contributed by atoms with Gasteiger partial charge in [0, 0.05) is 12.1 Å². The SMILES string of the molecule is C[C@@H]1CCC[C@@H](OC(=O)c2cc([N+](=O)[O-])cc([N+](=O)[O-])c2)C1. The Labute approximate surface area is 126 Å². The highest BCUT2D eigenvalue weighted by molar-refractivity contribution is 5.91. The molecule has 0 radical (unpaired) electrons. The first-order valence-electron chi connectivity index (χ1n) is 7.01. The molecular formula is C14H16N2O6. The smallest absolute Gasteiger partial charge is 0.338 e. The molecule has 0 amide bonds. The number of hydrogen-bond acceptors (Lipinski definition) is 6. The lowest BCUT2D eigenvalue weighted by molar-refractivity contribution is -0.394. The van der Waals surface area contributed by atoms with Gasteiger partial charge in [0.25, 0.3) is 11.4 Å². The van der Waals surface area contributed by atoms with Crippen LogP contribution in [0.4, 0.5) is 11.4 Å². The van der Waals surface area contributed by atoms with E-state index in [0.717, 1.165) is 43.9 Å². The minimum Gasteiger partial charge on any atom is -0.459 e. The first-order chi connectivity index (χ1) is 10.4.